The first-order valence-electron chi connectivity index (χ1n) is 3.53. The van der Waals surface area contributed by atoms with Crippen LogP contribution in [-0.2, 0) is 0 Å². The third kappa shape index (κ3) is 1.57. The summed E-state index contributed by atoms with van der Waals surface area (Å²) in [5, 5.41) is 6.69. The molecule has 66 valence electrons. The van der Waals surface area contributed by atoms with Crippen molar-refractivity contribution in [2.45, 2.75) is 0 Å². The molecule has 3 N–H and O–H groups in total. The zero-order valence-electron chi connectivity index (χ0n) is 6.52. The number of anilines is 1. The second-order valence-electron chi connectivity index (χ2n) is 2.40. The Balaban J connectivity index is 2.47. The number of aromatic nitrogens is 3. The maximum atomic E-state index is 10.8. The third-order valence-corrected chi connectivity index (χ3v) is 2.21. The van der Waals surface area contributed by atoms with Gasteiger partial charge in [-0.15, -0.1) is 0 Å². The molecule has 0 aliphatic heterocycles. The number of hydrogen-bond donors (Lipinski definition) is 2. The Kier molecular flexibility index (Phi) is 1.82. The molecule has 0 atom stereocenters. The molecule has 0 radical (unpaired) electrons. The van der Waals surface area contributed by atoms with Gasteiger partial charge in [-0.05, 0) is 12.1 Å². The number of aromatic amines is 1. The van der Waals surface area contributed by atoms with Gasteiger partial charge in [0, 0.05) is 0 Å². The molecule has 2 aromatic heterocycles. The minimum atomic E-state index is -0.186. The molecule has 13 heavy (non-hydrogen) atoms. The molecule has 0 aliphatic rings. The van der Waals surface area contributed by atoms with Gasteiger partial charge in [-0.25, -0.2) is 5.10 Å². The largest absolute Gasteiger partial charge is 0.397 e. The van der Waals surface area contributed by atoms with E-state index in [4.69, 9.17) is 5.73 Å². The predicted molar refractivity (Wildman–Crippen MR) is 50.4 cm³/mol. The summed E-state index contributed by atoms with van der Waals surface area (Å²) in [6, 6.07) is 3.44. The van der Waals surface area contributed by atoms with Crippen LogP contribution in [0.2, 0.25) is 0 Å². The van der Waals surface area contributed by atoms with Gasteiger partial charge in [0.2, 0.25) is 0 Å². The maximum absolute atomic E-state index is 10.8. The Morgan fingerprint density at radius 2 is 2.31 bits per heavy atom. The molecule has 0 unspecified atom stereocenters. The van der Waals surface area contributed by atoms with Crippen LogP contribution in [0.3, 0.4) is 0 Å². The Hall–Kier alpha value is -1.69. The summed E-state index contributed by atoms with van der Waals surface area (Å²) >= 11 is 1.02. The highest BCUT2D eigenvalue weighted by Gasteiger charge is 2.03. The Morgan fingerprint density at radius 3 is 2.85 bits per heavy atom. The second-order valence-corrected chi connectivity index (χ2v) is 3.36. The Bertz CT molecular complexity index is 458. The summed E-state index contributed by atoms with van der Waals surface area (Å²) < 4.78 is 0. The van der Waals surface area contributed by atoms with E-state index in [9.17, 15) is 4.79 Å². The summed E-state index contributed by atoms with van der Waals surface area (Å²) in [5.41, 5.74) is 6.70. The molecule has 0 fully saturated rings. The van der Waals surface area contributed by atoms with Gasteiger partial charge in [0.25, 0.3) is 0 Å². The molecule has 5 nitrogen and oxygen atoms in total. The zero-order valence-corrected chi connectivity index (χ0v) is 7.34. The molecule has 0 saturated carbocycles. The van der Waals surface area contributed by atoms with Crippen LogP contribution in [0.25, 0.3) is 10.7 Å². The lowest BCUT2D eigenvalue weighted by atomic mass is 10.3. The van der Waals surface area contributed by atoms with E-state index in [2.05, 4.69) is 15.2 Å². The lowest BCUT2D eigenvalue weighted by Crippen LogP contribution is -1.90. The average molecular weight is 194 g/mol. The highest BCUT2D eigenvalue weighted by molar-refractivity contribution is 7.12. The normalized spacial score (nSPS) is 10.2. The fourth-order valence-electron chi connectivity index (χ4n) is 0.871. The van der Waals surface area contributed by atoms with Crippen molar-refractivity contribution in [2.75, 3.05) is 5.73 Å². The van der Waals surface area contributed by atoms with Crippen molar-refractivity contribution in [1.82, 2.24) is 15.2 Å². The number of pyridine rings is 1. The fraction of sp³-hybridized carbons (Fsp3) is 0. The van der Waals surface area contributed by atoms with Gasteiger partial charge in [0.05, 0.1) is 11.9 Å². The van der Waals surface area contributed by atoms with Crippen LogP contribution in [0.4, 0.5) is 5.69 Å². The van der Waals surface area contributed by atoms with Crippen LogP contribution >= 0.6 is 11.3 Å². The van der Waals surface area contributed by atoms with Crippen LogP contribution in [0, 0.1) is 0 Å². The molecular formula is C7H6N4OS. The highest BCUT2D eigenvalue weighted by Crippen LogP contribution is 2.15. The van der Waals surface area contributed by atoms with E-state index in [1.165, 1.54) is 6.20 Å². The fourth-order valence-corrected chi connectivity index (χ4v) is 1.45. The average Bonchev–Trinajstić information content (AvgIpc) is 2.53. The summed E-state index contributed by atoms with van der Waals surface area (Å²) in [6.07, 6.45) is 1.53. The van der Waals surface area contributed by atoms with Gasteiger partial charge < -0.3 is 5.73 Å². The van der Waals surface area contributed by atoms with E-state index >= 15 is 0 Å². The first-order valence-corrected chi connectivity index (χ1v) is 4.35. The maximum Gasteiger partial charge on any atom is 0.322 e. The summed E-state index contributed by atoms with van der Waals surface area (Å²) in [7, 11) is 0. The molecule has 6 heteroatoms. The van der Waals surface area contributed by atoms with E-state index in [0.717, 1.165) is 11.3 Å². The van der Waals surface area contributed by atoms with Crippen LogP contribution in [0.15, 0.2) is 23.1 Å². The van der Waals surface area contributed by atoms with Crippen molar-refractivity contribution < 1.29 is 0 Å². The molecule has 2 aromatic rings. The molecule has 2 rings (SSSR count). The zero-order chi connectivity index (χ0) is 9.26. The standard InChI is InChI=1S/C7H6N4OS/c8-4-1-2-5(9-3-4)6-10-11-7(12)13-6/h1-3H,8H2,(H,11,12). The summed E-state index contributed by atoms with van der Waals surface area (Å²) in [5.74, 6) is 0. The van der Waals surface area contributed by atoms with Gasteiger partial charge in [0.1, 0.15) is 5.69 Å². The highest BCUT2D eigenvalue weighted by atomic mass is 32.1. The first-order chi connectivity index (χ1) is 6.25. The van der Waals surface area contributed by atoms with E-state index in [1.54, 1.807) is 12.1 Å². The topological polar surface area (TPSA) is 84.7 Å². The van der Waals surface area contributed by atoms with Crippen LogP contribution in [0.1, 0.15) is 0 Å². The monoisotopic (exact) mass is 194 g/mol. The number of hydrogen-bond acceptors (Lipinski definition) is 5. The van der Waals surface area contributed by atoms with E-state index < -0.39 is 0 Å². The van der Waals surface area contributed by atoms with Crippen molar-refractivity contribution in [1.29, 1.82) is 0 Å². The molecular weight excluding hydrogens is 188 g/mol. The van der Waals surface area contributed by atoms with Crippen LogP contribution in [-0.4, -0.2) is 15.2 Å². The number of nitrogens with two attached hydrogens (primary N) is 1. The lowest BCUT2D eigenvalue weighted by Gasteiger charge is -1.93. The van der Waals surface area contributed by atoms with E-state index in [-0.39, 0.29) is 4.87 Å². The Labute approximate surface area is 77.3 Å². The molecule has 0 saturated heterocycles. The molecule has 0 bridgehead atoms. The van der Waals surface area contributed by atoms with Crippen molar-refractivity contribution in [3.63, 3.8) is 0 Å². The molecule has 0 spiro atoms. The second kappa shape index (κ2) is 2.98. The quantitative estimate of drug-likeness (QED) is 0.691. The SMILES string of the molecule is Nc1ccc(-c2n[nH]c(=O)s2)nc1. The number of H-pyrrole nitrogens is 1. The van der Waals surface area contributed by atoms with Gasteiger partial charge in [0.15, 0.2) is 5.01 Å². The van der Waals surface area contributed by atoms with Gasteiger partial charge in [-0.3, -0.25) is 9.78 Å². The van der Waals surface area contributed by atoms with E-state index in [1.807, 2.05) is 0 Å². The lowest BCUT2D eigenvalue weighted by molar-refractivity contribution is 1.06. The number of rotatable bonds is 1. The Morgan fingerprint density at radius 1 is 1.46 bits per heavy atom. The number of nitrogens with zero attached hydrogens (tertiary/aromatic N) is 2. The van der Waals surface area contributed by atoms with Crippen LogP contribution in [0.5, 0.6) is 0 Å². The van der Waals surface area contributed by atoms with Crippen molar-refractivity contribution >= 4 is 17.0 Å². The van der Waals surface area contributed by atoms with Gasteiger partial charge in [-0.2, -0.15) is 5.10 Å². The van der Waals surface area contributed by atoms with Gasteiger partial charge in [-0.1, -0.05) is 11.3 Å². The van der Waals surface area contributed by atoms with Gasteiger partial charge >= 0.3 is 4.87 Å². The number of nitrogen functional groups attached to an aromatic ring is 1. The van der Waals surface area contributed by atoms with Crippen LogP contribution < -0.4 is 10.6 Å². The molecule has 0 aromatic carbocycles. The molecule has 2 heterocycles. The smallest absolute Gasteiger partial charge is 0.322 e. The third-order valence-electron chi connectivity index (χ3n) is 1.44. The van der Waals surface area contributed by atoms with Crippen molar-refractivity contribution in [2.24, 2.45) is 0 Å². The summed E-state index contributed by atoms with van der Waals surface area (Å²) in [4.78, 5) is 14.6. The van der Waals surface area contributed by atoms with Crippen molar-refractivity contribution in [3.8, 4) is 10.7 Å². The first kappa shape index (κ1) is 7.93. The minimum Gasteiger partial charge on any atom is -0.397 e. The summed E-state index contributed by atoms with van der Waals surface area (Å²) in [6.45, 7) is 0. The molecule has 0 amide bonds. The van der Waals surface area contributed by atoms with E-state index in [0.29, 0.717) is 16.4 Å². The molecule has 0 aliphatic carbocycles. The predicted octanol–water partition coefficient (Wildman–Crippen LogP) is 0.476. The number of nitrogens with one attached hydrogen (secondary N) is 1. The minimum absolute atomic E-state index is 0.186. The van der Waals surface area contributed by atoms with Crippen molar-refractivity contribution in [3.05, 3.63) is 28.0 Å².